The third-order valence-electron chi connectivity index (χ3n) is 3.61. The third kappa shape index (κ3) is 4.76. The van der Waals surface area contributed by atoms with Crippen molar-refractivity contribution in [3.63, 3.8) is 0 Å². The molecule has 3 aromatic rings. The summed E-state index contributed by atoms with van der Waals surface area (Å²) in [5.74, 6) is 10.2. The van der Waals surface area contributed by atoms with Gasteiger partial charge < -0.3 is 0 Å². The van der Waals surface area contributed by atoms with E-state index in [-0.39, 0.29) is 16.8 Å². The van der Waals surface area contributed by atoms with Crippen molar-refractivity contribution in [3.8, 4) is 23.7 Å². The monoisotopic (exact) mass is 373 g/mol. The summed E-state index contributed by atoms with van der Waals surface area (Å²) in [6.07, 6.45) is 0. The molecule has 0 aromatic heterocycles. The zero-order valence-corrected chi connectivity index (χ0v) is 14.8. The fraction of sp³-hybridized carbons (Fsp3) is 0. The lowest BCUT2D eigenvalue weighted by Crippen LogP contribution is -1.96. The van der Waals surface area contributed by atoms with Crippen LogP contribution >= 0.6 is 12.6 Å². The van der Waals surface area contributed by atoms with Crippen LogP contribution in [0.3, 0.4) is 0 Å². The molecule has 3 rings (SSSR count). The molecule has 27 heavy (non-hydrogen) atoms. The zero-order chi connectivity index (χ0) is 19.2. The second-order valence-corrected chi connectivity index (χ2v) is 6.04. The molecule has 0 aliphatic carbocycles. The largest absolute Gasteiger partial charge is 0.286 e. The van der Waals surface area contributed by atoms with E-state index in [2.05, 4.69) is 36.3 Å². The first-order valence-electron chi connectivity index (χ1n) is 7.89. The third-order valence-corrected chi connectivity index (χ3v) is 3.90. The molecule has 0 bridgehead atoms. The summed E-state index contributed by atoms with van der Waals surface area (Å²) in [5.41, 5.74) is 1.01. The van der Waals surface area contributed by atoms with Crippen LogP contribution in [0.5, 0.6) is 0 Å². The first-order chi connectivity index (χ1) is 13.0. The highest BCUT2D eigenvalue weighted by Crippen LogP contribution is 2.22. The van der Waals surface area contributed by atoms with Gasteiger partial charge in [-0.25, -0.2) is 4.39 Å². The summed E-state index contributed by atoms with van der Waals surface area (Å²) in [4.78, 5) is 11.6. The van der Waals surface area contributed by atoms with Gasteiger partial charge in [0.25, 0.3) is 5.69 Å². The Balaban J connectivity index is 1.99. The Morgan fingerprint density at radius 1 is 0.815 bits per heavy atom. The normalized spacial score (nSPS) is 9.56. The maximum absolute atomic E-state index is 14.4. The molecular weight excluding hydrogens is 361 g/mol. The fourth-order valence-electron chi connectivity index (χ4n) is 2.25. The van der Waals surface area contributed by atoms with Gasteiger partial charge in [0.1, 0.15) is 11.4 Å². The Morgan fingerprint density at radius 3 is 2.04 bits per heavy atom. The molecule has 0 saturated heterocycles. The van der Waals surface area contributed by atoms with E-state index in [4.69, 9.17) is 0 Å². The van der Waals surface area contributed by atoms with Crippen LogP contribution in [0.2, 0.25) is 0 Å². The molecule has 3 aromatic carbocycles. The van der Waals surface area contributed by atoms with Crippen molar-refractivity contribution in [1.29, 1.82) is 0 Å². The van der Waals surface area contributed by atoms with E-state index >= 15 is 0 Å². The molecule has 0 fully saturated rings. The summed E-state index contributed by atoms with van der Waals surface area (Å²) < 4.78 is 14.4. The number of hydrogen-bond donors (Lipinski definition) is 1. The lowest BCUT2D eigenvalue weighted by molar-refractivity contribution is -0.385. The van der Waals surface area contributed by atoms with Gasteiger partial charge in [-0.3, -0.25) is 10.1 Å². The topological polar surface area (TPSA) is 43.1 Å². The molecular formula is C22H12FNO2S. The van der Waals surface area contributed by atoms with Crippen molar-refractivity contribution in [2.75, 3.05) is 0 Å². The predicted molar refractivity (Wildman–Crippen MR) is 105 cm³/mol. The number of halogens is 1. The van der Waals surface area contributed by atoms with Gasteiger partial charge >= 0.3 is 0 Å². The van der Waals surface area contributed by atoms with Gasteiger partial charge in [-0.2, -0.15) is 0 Å². The average molecular weight is 373 g/mol. The van der Waals surface area contributed by atoms with E-state index in [1.165, 1.54) is 0 Å². The van der Waals surface area contributed by atoms with E-state index in [0.29, 0.717) is 11.1 Å². The molecule has 0 saturated carbocycles. The minimum absolute atomic E-state index is 0.00586. The predicted octanol–water partition coefficient (Wildman–Crippen LogP) is 4.82. The number of rotatable bonds is 1. The molecule has 3 nitrogen and oxygen atoms in total. The maximum atomic E-state index is 14.4. The van der Waals surface area contributed by atoms with Crippen LogP contribution < -0.4 is 0 Å². The van der Waals surface area contributed by atoms with Crippen LogP contribution in [-0.4, -0.2) is 4.92 Å². The van der Waals surface area contributed by atoms with E-state index in [1.807, 2.05) is 6.07 Å². The Bertz CT molecular complexity index is 1120. The van der Waals surface area contributed by atoms with Gasteiger partial charge in [0, 0.05) is 22.1 Å². The molecule has 0 amide bonds. The first kappa shape index (κ1) is 18.3. The number of nitrogens with zero attached hydrogens (tertiary/aromatic N) is 1. The van der Waals surface area contributed by atoms with Crippen LogP contribution in [-0.2, 0) is 0 Å². The van der Waals surface area contributed by atoms with Gasteiger partial charge in [0.05, 0.1) is 10.5 Å². The standard InChI is InChI=1S/C22H12FNO2S/c23-21-14-19(11-7-16-4-2-1-3-5-16)22(24(25)26)15-18(21)10-6-17-8-12-20(27)13-9-17/h1-5,8-9,12-15,27H. The summed E-state index contributed by atoms with van der Waals surface area (Å²) in [5, 5.41) is 11.4. The second-order valence-electron chi connectivity index (χ2n) is 5.52. The Labute approximate surface area is 161 Å². The Kier molecular flexibility index (Phi) is 5.56. The molecule has 0 N–H and O–H groups in total. The highest BCUT2D eigenvalue weighted by Gasteiger charge is 2.16. The fourth-order valence-corrected chi connectivity index (χ4v) is 2.40. The summed E-state index contributed by atoms with van der Waals surface area (Å²) in [6, 6.07) is 18.1. The minimum Gasteiger partial charge on any atom is -0.258 e. The molecule has 0 aliphatic rings. The second kappa shape index (κ2) is 8.23. The lowest BCUT2D eigenvalue weighted by atomic mass is 10.1. The van der Waals surface area contributed by atoms with Gasteiger partial charge in [0.2, 0.25) is 0 Å². The van der Waals surface area contributed by atoms with Gasteiger partial charge in [-0.05, 0) is 42.5 Å². The van der Waals surface area contributed by atoms with Crippen molar-refractivity contribution >= 4 is 18.3 Å². The molecule has 5 heteroatoms. The van der Waals surface area contributed by atoms with Crippen LogP contribution in [0.1, 0.15) is 22.3 Å². The summed E-state index contributed by atoms with van der Waals surface area (Å²) in [6.45, 7) is 0. The highest BCUT2D eigenvalue weighted by atomic mass is 32.1. The van der Waals surface area contributed by atoms with E-state index in [9.17, 15) is 14.5 Å². The van der Waals surface area contributed by atoms with Crippen molar-refractivity contribution in [2.24, 2.45) is 0 Å². The van der Waals surface area contributed by atoms with Crippen molar-refractivity contribution in [1.82, 2.24) is 0 Å². The number of thiol groups is 1. The molecule has 0 radical (unpaired) electrons. The van der Waals surface area contributed by atoms with Crippen LogP contribution in [0.15, 0.2) is 71.6 Å². The molecule has 0 aliphatic heterocycles. The van der Waals surface area contributed by atoms with Crippen LogP contribution in [0.4, 0.5) is 10.1 Å². The summed E-state index contributed by atoms with van der Waals surface area (Å²) in [7, 11) is 0. The molecule has 0 heterocycles. The number of benzene rings is 3. The summed E-state index contributed by atoms with van der Waals surface area (Å²) >= 11 is 4.18. The first-order valence-corrected chi connectivity index (χ1v) is 8.34. The highest BCUT2D eigenvalue weighted by molar-refractivity contribution is 7.80. The average Bonchev–Trinajstić information content (AvgIpc) is 2.67. The molecule has 0 spiro atoms. The van der Waals surface area contributed by atoms with E-state index in [1.54, 1.807) is 48.5 Å². The Hall–Kier alpha value is -3.54. The lowest BCUT2D eigenvalue weighted by Gasteiger charge is -1.99. The Morgan fingerprint density at radius 2 is 1.41 bits per heavy atom. The minimum atomic E-state index is -0.656. The van der Waals surface area contributed by atoms with E-state index < -0.39 is 10.7 Å². The zero-order valence-electron chi connectivity index (χ0n) is 13.9. The number of hydrogen-bond acceptors (Lipinski definition) is 3. The molecule has 130 valence electrons. The van der Waals surface area contributed by atoms with Gasteiger partial charge in [0.15, 0.2) is 0 Å². The smallest absolute Gasteiger partial charge is 0.258 e. The van der Waals surface area contributed by atoms with Crippen molar-refractivity contribution in [3.05, 3.63) is 105 Å². The van der Waals surface area contributed by atoms with E-state index in [0.717, 1.165) is 17.0 Å². The molecule has 0 unspecified atom stereocenters. The SMILES string of the molecule is O=[N+]([O-])c1cc(C#Cc2ccc(S)cc2)c(F)cc1C#Cc1ccccc1. The van der Waals surface area contributed by atoms with Gasteiger partial charge in [-0.1, -0.05) is 41.9 Å². The van der Waals surface area contributed by atoms with Crippen molar-refractivity contribution in [2.45, 2.75) is 4.90 Å². The van der Waals surface area contributed by atoms with Gasteiger partial charge in [-0.15, -0.1) is 12.6 Å². The molecule has 0 atom stereocenters. The van der Waals surface area contributed by atoms with Crippen molar-refractivity contribution < 1.29 is 9.31 Å². The quantitative estimate of drug-likeness (QED) is 0.288. The van der Waals surface area contributed by atoms with Crippen LogP contribution in [0, 0.1) is 39.6 Å². The number of nitro groups is 1. The van der Waals surface area contributed by atoms with Crippen LogP contribution in [0.25, 0.3) is 0 Å². The number of nitro benzene ring substituents is 1. The maximum Gasteiger partial charge on any atom is 0.286 e.